The Morgan fingerprint density at radius 2 is 1.70 bits per heavy atom. The van der Waals surface area contributed by atoms with Gasteiger partial charge >= 0.3 is 6.18 Å². The molecule has 2 aromatic heterocycles. The van der Waals surface area contributed by atoms with Crippen LogP contribution in [0.2, 0.25) is 0 Å². The predicted molar refractivity (Wildman–Crippen MR) is 93.1 cm³/mol. The lowest BCUT2D eigenvalue weighted by atomic mass is 10.1. The van der Waals surface area contributed by atoms with Crippen LogP contribution in [0.1, 0.15) is 16.1 Å². The van der Waals surface area contributed by atoms with Crippen LogP contribution in [0.4, 0.5) is 24.9 Å². The van der Waals surface area contributed by atoms with Gasteiger partial charge in [-0.2, -0.15) is 13.2 Å². The van der Waals surface area contributed by atoms with Crippen molar-refractivity contribution in [1.29, 1.82) is 0 Å². The molecule has 3 rings (SSSR count). The van der Waals surface area contributed by atoms with E-state index in [1.807, 2.05) is 0 Å². The van der Waals surface area contributed by atoms with Crippen LogP contribution in [-0.2, 0) is 6.18 Å². The number of carbonyl (C=O) groups is 1. The van der Waals surface area contributed by atoms with Gasteiger partial charge in [0.25, 0.3) is 11.9 Å². The summed E-state index contributed by atoms with van der Waals surface area (Å²) in [5.41, 5.74) is 9.93. The van der Waals surface area contributed by atoms with E-state index < -0.39 is 17.6 Å². The first-order chi connectivity index (χ1) is 12.8. The molecule has 0 aliphatic heterocycles. The maximum Gasteiger partial charge on any atom is 0.416 e. The molecule has 0 unspecified atom stereocenters. The van der Waals surface area contributed by atoms with Crippen molar-refractivity contribution < 1.29 is 22.4 Å². The fraction of sp³-hybridized carbons (Fsp3) is 0.118. The fourth-order valence-corrected chi connectivity index (χ4v) is 2.03. The Bertz CT molecular complexity index is 890. The number of anilines is 2. The standard InChI is InChI=1S/C16H11F3N4O2.CH5N/c17-16(18,19)10-3-1-9(2-4-10)13-8-22-15(25-13)23-11-5-6-12(14(20)24)21-7-11;1-2/h1-8H,(H2,20,24)(H,22,23);2H2,1H3. The fourth-order valence-electron chi connectivity index (χ4n) is 2.03. The first-order valence-corrected chi connectivity index (χ1v) is 7.57. The number of amides is 1. The topological polar surface area (TPSA) is 120 Å². The minimum Gasteiger partial charge on any atom is -0.423 e. The quantitative estimate of drug-likeness (QED) is 0.640. The molecule has 0 saturated heterocycles. The van der Waals surface area contributed by atoms with Crippen LogP contribution >= 0.6 is 0 Å². The number of aromatic nitrogens is 2. The Kier molecular flexibility index (Phi) is 6.14. The highest BCUT2D eigenvalue weighted by atomic mass is 19.4. The molecule has 0 radical (unpaired) electrons. The van der Waals surface area contributed by atoms with Gasteiger partial charge in [0, 0.05) is 5.56 Å². The van der Waals surface area contributed by atoms with E-state index in [1.165, 1.54) is 37.6 Å². The van der Waals surface area contributed by atoms with Gasteiger partial charge in [-0.05, 0) is 31.3 Å². The average molecular weight is 379 g/mol. The van der Waals surface area contributed by atoms with Gasteiger partial charge in [0.1, 0.15) is 5.69 Å². The average Bonchev–Trinajstić information content (AvgIpc) is 3.12. The lowest BCUT2D eigenvalue weighted by molar-refractivity contribution is -0.137. The number of nitrogens with one attached hydrogen (secondary N) is 1. The minimum absolute atomic E-state index is 0.114. The Balaban J connectivity index is 0.00000126. The number of oxazole rings is 1. The third-order valence-corrected chi connectivity index (χ3v) is 3.27. The molecule has 1 amide bonds. The second kappa shape index (κ2) is 8.32. The lowest BCUT2D eigenvalue weighted by Gasteiger charge is -2.06. The van der Waals surface area contributed by atoms with Gasteiger partial charge in [-0.25, -0.2) is 9.97 Å². The zero-order chi connectivity index (χ0) is 20.0. The summed E-state index contributed by atoms with van der Waals surface area (Å²) in [6.07, 6.45) is -1.63. The number of carbonyl (C=O) groups excluding carboxylic acids is 1. The SMILES string of the molecule is CN.NC(=O)c1ccc(Nc2ncc(-c3ccc(C(F)(F)F)cc3)o2)cn1. The van der Waals surface area contributed by atoms with Crippen LogP contribution < -0.4 is 16.8 Å². The van der Waals surface area contributed by atoms with Crippen LogP contribution in [-0.4, -0.2) is 22.9 Å². The van der Waals surface area contributed by atoms with Gasteiger partial charge in [-0.3, -0.25) is 4.79 Å². The molecule has 5 N–H and O–H groups in total. The summed E-state index contributed by atoms with van der Waals surface area (Å²) in [6, 6.07) is 7.67. The van der Waals surface area contributed by atoms with Gasteiger partial charge < -0.3 is 21.2 Å². The van der Waals surface area contributed by atoms with E-state index in [0.29, 0.717) is 17.0 Å². The van der Waals surface area contributed by atoms with Crippen LogP contribution in [0.15, 0.2) is 53.2 Å². The molecule has 0 aliphatic carbocycles. The zero-order valence-electron chi connectivity index (χ0n) is 14.1. The van der Waals surface area contributed by atoms with E-state index in [2.05, 4.69) is 21.0 Å². The molecule has 7 nitrogen and oxygen atoms in total. The molecule has 10 heteroatoms. The summed E-state index contributed by atoms with van der Waals surface area (Å²) in [6.45, 7) is 0. The molecule has 27 heavy (non-hydrogen) atoms. The monoisotopic (exact) mass is 379 g/mol. The summed E-state index contributed by atoms with van der Waals surface area (Å²) in [4.78, 5) is 18.8. The van der Waals surface area contributed by atoms with Crippen molar-refractivity contribution in [2.24, 2.45) is 11.5 Å². The van der Waals surface area contributed by atoms with Crippen LogP contribution in [0.3, 0.4) is 0 Å². The minimum atomic E-state index is -4.39. The zero-order valence-corrected chi connectivity index (χ0v) is 14.1. The summed E-state index contributed by atoms with van der Waals surface area (Å²) in [7, 11) is 1.50. The van der Waals surface area contributed by atoms with E-state index in [-0.39, 0.29) is 11.7 Å². The predicted octanol–water partition coefficient (Wildman–Crippen LogP) is 3.17. The third-order valence-electron chi connectivity index (χ3n) is 3.27. The molecule has 0 spiro atoms. The number of alkyl halides is 3. The normalized spacial score (nSPS) is 10.7. The lowest BCUT2D eigenvalue weighted by Crippen LogP contribution is -2.12. The molecule has 3 aromatic rings. The van der Waals surface area contributed by atoms with Crippen molar-refractivity contribution in [1.82, 2.24) is 9.97 Å². The highest BCUT2D eigenvalue weighted by Crippen LogP contribution is 2.31. The van der Waals surface area contributed by atoms with Crippen molar-refractivity contribution in [3.8, 4) is 11.3 Å². The number of hydrogen-bond donors (Lipinski definition) is 3. The molecule has 0 aliphatic rings. The van der Waals surface area contributed by atoms with Crippen LogP contribution in [0.25, 0.3) is 11.3 Å². The van der Waals surface area contributed by atoms with E-state index in [0.717, 1.165) is 12.1 Å². The second-order valence-electron chi connectivity index (χ2n) is 5.03. The molecule has 0 bridgehead atoms. The van der Waals surface area contributed by atoms with Gasteiger partial charge in [0.2, 0.25) is 0 Å². The van der Waals surface area contributed by atoms with Crippen LogP contribution in [0.5, 0.6) is 0 Å². The molecule has 1 aromatic carbocycles. The Labute approximate surface area is 152 Å². The Hall–Kier alpha value is -3.40. The molecule has 142 valence electrons. The van der Waals surface area contributed by atoms with Crippen molar-refractivity contribution in [3.63, 3.8) is 0 Å². The summed E-state index contributed by atoms with van der Waals surface area (Å²) in [5.74, 6) is -0.342. The molecule has 0 atom stereocenters. The smallest absolute Gasteiger partial charge is 0.416 e. The summed E-state index contributed by atoms with van der Waals surface area (Å²) >= 11 is 0. The molecular formula is C17H16F3N5O2. The van der Waals surface area contributed by atoms with E-state index in [4.69, 9.17) is 10.2 Å². The van der Waals surface area contributed by atoms with Crippen molar-refractivity contribution in [2.75, 3.05) is 12.4 Å². The second-order valence-corrected chi connectivity index (χ2v) is 5.03. The third kappa shape index (κ3) is 5.05. The Morgan fingerprint density at radius 3 is 2.22 bits per heavy atom. The number of pyridine rings is 1. The maximum atomic E-state index is 12.6. The number of nitrogens with two attached hydrogens (primary N) is 2. The molecule has 2 heterocycles. The first-order valence-electron chi connectivity index (χ1n) is 7.57. The van der Waals surface area contributed by atoms with Crippen LogP contribution in [0, 0.1) is 0 Å². The number of halogens is 3. The largest absolute Gasteiger partial charge is 0.423 e. The number of hydrogen-bond acceptors (Lipinski definition) is 6. The summed E-state index contributed by atoms with van der Waals surface area (Å²) < 4.78 is 43.2. The Morgan fingerprint density at radius 1 is 1.04 bits per heavy atom. The first kappa shape index (κ1) is 19.9. The van der Waals surface area contributed by atoms with Gasteiger partial charge in [0.15, 0.2) is 5.76 Å². The van der Waals surface area contributed by atoms with E-state index in [9.17, 15) is 18.0 Å². The van der Waals surface area contributed by atoms with Crippen molar-refractivity contribution in [2.45, 2.75) is 6.18 Å². The molecule has 0 fully saturated rings. The van der Waals surface area contributed by atoms with Crippen molar-refractivity contribution >= 4 is 17.6 Å². The summed E-state index contributed by atoms with van der Waals surface area (Å²) in [5, 5.41) is 2.82. The maximum absolute atomic E-state index is 12.6. The number of primary amides is 1. The highest BCUT2D eigenvalue weighted by molar-refractivity contribution is 5.90. The number of nitrogens with zero attached hydrogens (tertiary/aromatic N) is 2. The van der Waals surface area contributed by atoms with E-state index in [1.54, 1.807) is 6.07 Å². The van der Waals surface area contributed by atoms with Crippen molar-refractivity contribution in [3.05, 3.63) is 60.0 Å². The highest BCUT2D eigenvalue weighted by Gasteiger charge is 2.30. The van der Waals surface area contributed by atoms with Gasteiger partial charge in [0.05, 0.1) is 23.6 Å². The van der Waals surface area contributed by atoms with E-state index >= 15 is 0 Å². The number of benzene rings is 1. The van der Waals surface area contributed by atoms with Gasteiger partial charge in [-0.1, -0.05) is 12.1 Å². The molecule has 0 saturated carbocycles. The number of rotatable bonds is 4. The molecular weight excluding hydrogens is 363 g/mol. The van der Waals surface area contributed by atoms with Gasteiger partial charge in [-0.15, -0.1) is 0 Å².